The van der Waals surface area contributed by atoms with Crippen LogP contribution in [-0.4, -0.2) is 30.0 Å². The molecule has 1 rings (SSSR count). The van der Waals surface area contributed by atoms with E-state index in [1.54, 1.807) is 0 Å². The zero-order valence-corrected chi connectivity index (χ0v) is 19.0. The van der Waals surface area contributed by atoms with E-state index in [9.17, 15) is 10.2 Å². The Labute approximate surface area is 177 Å². The minimum Gasteiger partial charge on any atom is -0.504 e. The Morgan fingerprint density at radius 2 is 1.00 bits per heavy atom. The first-order valence-corrected chi connectivity index (χ1v) is 11.6. The summed E-state index contributed by atoms with van der Waals surface area (Å²) in [5.41, 5.74) is 0.629. The van der Waals surface area contributed by atoms with Crippen LogP contribution in [0.25, 0.3) is 0 Å². The molecule has 29 heavy (non-hydrogen) atoms. The van der Waals surface area contributed by atoms with Crippen LogP contribution in [0.15, 0.2) is 0 Å². The second-order valence-corrected chi connectivity index (χ2v) is 7.58. The number of rotatable bonds is 17. The zero-order chi connectivity index (χ0) is 21.5. The van der Waals surface area contributed by atoms with Crippen molar-refractivity contribution in [1.29, 1.82) is 0 Å². The highest BCUT2D eigenvalue weighted by Gasteiger charge is 2.27. The molecule has 0 aliphatic heterocycles. The Morgan fingerprint density at radius 1 is 0.517 bits per heavy atom. The van der Waals surface area contributed by atoms with Crippen molar-refractivity contribution in [3.63, 3.8) is 0 Å². The van der Waals surface area contributed by atoms with Crippen LogP contribution < -0.4 is 14.2 Å². The maximum Gasteiger partial charge on any atom is 0.211 e. The summed E-state index contributed by atoms with van der Waals surface area (Å²) in [4.78, 5) is 0. The number of phenols is 2. The minimum absolute atomic E-state index is 0.137. The summed E-state index contributed by atoms with van der Waals surface area (Å²) in [6.45, 7) is 9.99. The number of unbranched alkanes of at least 4 members (excludes halogenated alkanes) is 6. The molecule has 0 fully saturated rings. The third kappa shape index (κ3) is 8.23. The zero-order valence-electron chi connectivity index (χ0n) is 19.0. The molecule has 0 unspecified atom stereocenters. The first-order chi connectivity index (χ1) is 14.1. The standard InChI is InChI=1S/C24H42O5/c1-5-9-13-14-15-19-20(25)21(26)23(28-17-11-7-3)24(29-18-12-8-4)22(19)27-16-10-6-2/h25-26H,5-18H2,1-4H3. The molecule has 0 atom stereocenters. The third-order valence-corrected chi connectivity index (χ3v) is 4.92. The highest BCUT2D eigenvalue weighted by atomic mass is 16.5. The van der Waals surface area contributed by atoms with E-state index in [-0.39, 0.29) is 17.2 Å². The molecule has 0 saturated heterocycles. The van der Waals surface area contributed by atoms with Crippen molar-refractivity contribution in [3.05, 3.63) is 5.56 Å². The molecule has 0 saturated carbocycles. The molecule has 1 aromatic rings. The quantitative estimate of drug-likeness (QED) is 0.219. The summed E-state index contributed by atoms with van der Waals surface area (Å²) < 4.78 is 18.0. The van der Waals surface area contributed by atoms with Gasteiger partial charge in [-0.1, -0.05) is 66.2 Å². The second kappa shape index (κ2) is 15.1. The van der Waals surface area contributed by atoms with Crippen LogP contribution >= 0.6 is 0 Å². The van der Waals surface area contributed by atoms with Crippen LogP contribution in [0.1, 0.15) is 97.5 Å². The lowest BCUT2D eigenvalue weighted by Crippen LogP contribution is -2.08. The molecule has 0 aliphatic carbocycles. The molecule has 168 valence electrons. The maximum absolute atomic E-state index is 10.8. The second-order valence-electron chi connectivity index (χ2n) is 7.58. The Morgan fingerprint density at radius 3 is 1.52 bits per heavy atom. The molecule has 5 nitrogen and oxygen atoms in total. The van der Waals surface area contributed by atoms with E-state index < -0.39 is 0 Å². The van der Waals surface area contributed by atoms with Gasteiger partial charge in [0.15, 0.2) is 11.5 Å². The van der Waals surface area contributed by atoms with Gasteiger partial charge in [-0.3, -0.25) is 0 Å². The summed E-state index contributed by atoms with van der Waals surface area (Å²) in [5, 5.41) is 21.5. The van der Waals surface area contributed by atoms with Crippen molar-refractivity contribution in [3.8, 4) is 28.7 Å². The largest absolute Gasteiger partial charge is 0.504 e. The maximum atomic E-state index is 10.8. The topological polar surface area (TPSA) is 68.2 Å². The van der Waals surface area contributed by atoms with Crippen LogP contribution in [0.5, 0.6) is 28.7 Å². The SMILES string of the molecule is CCCCCCc1c(O)c(O)c(OCCCC)c(OCCCC)c1OCCCC. The van der Waals surface area contributed by atoms with Crippen LogP contribution in [-0.2, 0) is 6.42 Å². The predicted molar refractivity (Wildman–Crippen MR) is 119 cm³/mol. The Hall–Kier alpha value is -1.78. The van der Waals surface area contributed by atoms with Crippen LogP contribution in [0, 0.1) is 0 Å². The van der Waals surface area contributed by atoms with Gasteiger partial charge in [0.05, 0.1) is 19.8 Å². The average molecular weight is 411 g/mol. The lowest BCUT2D eigenvalue weighted by atomic mass is 10.0. The van der Waals surface area contributed by atoms with E-state index in [0.29, 0.717) is 43.3 Å². The van der Waals surface area contributed by atoms with Gasteiger partial charge in [-0.15, -0.1) is 0 Å². The van der Waals surface area contributed by atoms with E-state index in [4.69, 9.17) is 14.2 Å². The molecule has 0 amide bonds. The summed E-state index contributed by atoms with van der Waals surface area (Å²) in [6.07, 6.45) is 10.6. The third-order valence-electron chi connectivity index (χ3n) is 4.92. The van der Waals surface area contributed by atoms with Gasteiger partial charge in [-0.25, -0.2) is 0 Å². The number of hydrogen-bond acceptors (Lipinski definition) is 5. The van der Waals surface area contributed by atoms with Crippen LogP contribution in [0.3, 0.4) is 0 Å². The lowest BCUT2D eigenvalue weighted by molar-refractivity contribution is 0.225. The number of ether oxygens (including phenoxy) is 3. The number of aromatic hydroxyl groups is 2. The summed E-state index contributed by atoms with van der Waals surface area (Å²) in [7, 11) is 0. The molecule has 0 aromatic heterocycles. The minimum atomic E-state index is -0.235. The molecule has 1 aromatic carbocycles. The Kier molecular flexibility index (Phi) is 13.2. The van der Waals surface area contributed by atoms with Gasteiger partial charge in [-0.05, 0) is 32.1 Å². The predicted octanol–water partition coefficient (Wildman–Crippen LogP) is 6.76. The molecule has 0 bridgehead atoms. The molecule has 2 N–H and O–H groups in total. The number of hydrogen-bond donors (Lipinski definition) is 2. The van der Waals surface area contributed by atoms with E-state index in [1.807, 2.05) is 0 Å². The van der Waals surface area contributed by atoms with Gasteiger partial charge in [0.1, 0.15) is 0 Å². The van der Waals surface area contributed by atoms with Crippen molar-refractivity contribution >= 4 is 0 Å². The van der Waals surface area contributed by atoms with Gasteiger partial charge in [0.25, 0.3) is 0 Å². The van der Waals surface area contributed by atoms with E-state index in [1.165, 1.54) is 0 Å². The van der Waals surface area contributed by atoms with E-state index >= 15 is 0 Å². The van der Waals surface area contributed by atoms with Gasteiger partial charge in [0, 0.05) is 5.56 Å². The molecule has 0 heterocycles. The Balaban J connectivity index is 3.30. The summed E-state index contributed by atoms with van der Waals surface area (Å²) >= 11 is 0. The highest BCUT2D eigenvalue weighted by Crippen LogP contribution is 2.53. The molecule has 0 spiro atoms. The molecule has 0 aliphatic rings. The fourth-order valence-electron chi connectivity index (χ4n) is 3.04. The smallest absolute Gasteiger partial charge is 0.211 e. The molecule has 0 radical (unpaired) electrons. The van der Waals surface area contributed by atoms with Crippen molar-refractivity contribution in [1.82, 2.24) is 0 Å². The molecule has 5 heteroatoms. The van der Waals surface area contributed by atoms with E-state index in [0.717, 1.165) is 64.2 Å². The average Bonchev–Trinajstić information content (AvgIpc) is 2.72. The lowest BCUT2D eigenvalue weighted by Gasteiger charge is -2.22. The van der Waals surface area contributed by atoms with Crippen molar-refractivity contribution < 1.29 is 24.4 Å². The van der Waals surface area contributed by atoms with Gasteiger partial charge in [0.2, 0.25) is 17.2 Å². The summed E-state index contributed by atoms with van der Waals surface area (Å²) in [5.74, 6) is 0.804. The summed E-state index contributed by atoms with van der Waals surface area (Å²) in [6, 6.07) is 0. The van der Waals surface area contributed by atoms with Gasteiger partial charge >= 0.3 is 0 Å². The van der Waals surface area contributed by atoms with Crippen LogP contribution in [0.4, 0.5) is 0 Å². The first kappa shape index (κ1) is 25.3. The van der Waals surface area contributed by atoms with Gasteiger partial charge < -0.3 is 24.4 Å². The fourth-order valence-corrected chi connectivity index (χ4v) is 3.04. The first-order valence-electron chi connectivity index (χ1n) is 11.6. The number of phenolic OH excluding ortho intramolecular Hbond substituents is 2. The normalized spacial score (nSPS) is 10.9. The van der Waals surface area contributed by atoms with Crippen LogP contribution in [0.2, 0.25) is 0 Å². The highest BCUT2D eigenvalue weighted by molar-refractivity contribution is 5.69. The van der Waals surface area contributed by atoms with E-state index in [2.05, 4.69) is 27.7 Å². The van der Waals surface area contributed by atoms with Crippen molar-refractivity contribution in [2.24, 2.45) is 0 Å². The van der Waals surface area contributed by atoms with Crippen molar-refractivity contribution in [2.45, 2.75) is 98.3 Å². The van der Waals surface area contributed by atoms with Gasteiger partial charge in [-0.2, -0.15) is 0 Å². The molecular formula is C24H42O5. The Bertz CT molecular complexity index is 571. The monoisotopic (exact) mass is 410 g/mol. The van der Waals surface area contributed by atoms with Crippen molar-refractivity contribution in [2.75, 3.05) is 19.8 Å². The fraction of sp³-hybridized carbons (Fsp3) is 0.750. The molecular weight excluding hydrogens is 368 g/mol. The number of benzene rings is 1.